The van der Waals surface area contributed by atoms with Gasteiger partial charge in [0.1, 0.15) is 5.75 Å². The summed E-state index contributed by atoms with van der Waals surface area (Å²) in [5.74, 6) is 1.10. The zero-order valence-electron chi connectivity index (χ0n) is 11.9. The lowest BCUT2D eigenvalue weighted by atomic mass is 10.1. The lowest BCUT2D eigenvalue weighted by Crippen LogP contribution is -2.46. The van der Waals surface area contributed by atoms with Gasteiger partial charge in [-0.3, -0.25) is 4.79 Å². The summed E-state index contributed by atoms with van der Waals surface area (Å²) in [7, 11) is 0. The van der Waals surface area contributed by atoms with E-state index < -0.39 is 0 Å². The lowest BCUT2D eigenvalue weighted by molar-refractivity contribution is -0.132. The Morgan fingerprint density at radius 3 is 2.85 bits per heavy atom. The summed E-state index contributed by atoms with van der Waals surface area (Å²) in [5.41, 5.74) is 2.87. The van der Waals surface area contributed by atoms with Gasteiger partial charge in [0.15, 0.2) is 0 Å². The van der Waals surface area contributed by atoms with Crippen molar-refractivity contribution in [3.05, 3.63) is 29.3 Å². The van der Waals surface area contributed by atoms with Gasteiger partial charge in [-0.15, -0.1) is 0 Å². The number of ether oxygens (including phenoxy) is 1. The second kappa shape index (κ2) is 6.27. The summed E-state index contributed by atoms with van der Waals surface area (Å²) in [5, 5.41) is 3.25. The van der Waals surface area contributed by atoms with Crippen molar-refractivity contribution in [2.45, 2.75) is 25.7 Å². The highest BCUT2D eigenvalue weighted by atomic mass is 16.5. The van der Waals surface area contributed by atoms with Crippen molar-refractivity contribution in [3.8, 4) is 5.75 Å². The molecule has 1 amide bonds. The van der Waals surface area contributed by atoms with Crippen molar-refractivity contribution >= 4 is 5.91 Å². The van der Waals surface area contributed by atoms with E-state index in [2.05, 4.69) is 17.4 Å². The number of benzene rings is 1. The van der Waals surface area contributed by atoms with E-state index in [-0.39, 0.29) is 5.91 Å². The van der Waals surface area contributed by atoms with Gasteiger partial charge in [0, 0.05) is 26.2 Å². The van der Waals surface area contributed by atoms with E-state index in [9.17, 15) is 4.79 Å². The van der Waals surface area contributed by atoms with Gasteiger partial charge in [-0.05, 0) is 42.5 Å². The minimum atomic E-state index is 0.202. The van der Waals surface area contributed by atoms with E-state index in [1.807, 2.05) is 11.0 Å². The van der Waals surface area contributed by atoms with Gasteiger partial charge in [0.25, 0.3) is 0 Å². The molecule has 0 atom stereocenters. The molecule has 3 rings (SSSR count). The highest BCUT2D eigenvalue weighted by Gasteiger charge is 2.16. The van der Waals surface area contributed by atoms with E-state index in [0.29, 0.717) is 13.0 Å². The molecule has 0 aromatic heterocycles. The van der Waals surface area contributed by atoms with Crippen molar-refractivity contribution in [1.29, 1.82) is 0 Å². The van der Waals surface area contributed by atoms with Crippen LogP contribution >= 0.6 is 0 Å². The maximum absolute atomic E-state index is 12.0. The van der Waals surface area contributed by atoms with Gasteiger partial charge in [0.2, 0.25) is 5.91 Å². The highest BCUT2D eigenvalue weighted by molar-refractivity contribution is 5.76. The van der Waals surface area contributed by atoms with Crippen LogP contribution in [0.15, 0.2) is 18.2 Å². The van der Waals surface area contributed by atoms with Crippen molar-refractivity contribution in [2.75, 3.05) is 32.8 Å². The maximum atomic E-state index is 12.0. The van der Waals surface area contributed by atoms with Gasteiger partial charge in [0.05, 0.1) is 13.0 Å². The fraction of sp³-hybridized carbons (Fsp3) is 0.562. The van der Waals surface area contributed by atoms with Crippen molar-refractivity contribution in [1.82, 2.24) is 10.2 Å². The number of nitrogens with zero attached hydrogens (tertiary/aromatic N) is 1. The molecule has 0 bridgehead atoms. The first-order valence-electron chi connectivity index (χ1n) is 7.56. The Labute approximate surface area is 120 Å². The third kappa shape index (κ3) is 3.12. The van der Waals surface area contributed by atoms with Gasteiger partial charge in [-0.25, -0.2) is 0 Å². The first-order chi connectivity index (χ1) is 9.83. The number of hydrogen-bond donors (Lipinski definition) is 1. The summed E-state index contributed by atoms with van der Waals surface area (Å²) in [6.45, 7) is 3.91. The number of hydrogen-bond acceptors (Lipinski definition) is 3. The molecule has 4 nitrogen and oxygen atoms in total. The number of rotatable bonds is 4. The summed E-state index contributed by atoms with van der Waals surface area (Å²) < 4.78 is 5.73. The van der Waals surface area contributed by atoms with E-state index in [1.165, 1.54) is 24.0 Å². The van der Waals surface area contributed by atoms with Crippen LogP contribution in [0.5, 0.6) is 5.75 Å². The zero-order chi connectivity index (χ0) is 13.8. The molecule has 0 spiro atoms. The van der Waals surface area contributed by atoms with Crippen LogP contribution in [0.1, 0.15) is 24.0 Å². The maximum Gasteiger partial charge on any atom is 0.226 e. The lowest BCUT2D eigenvalue weighted by Gasteiger charge is -2.27. The Balaban J connectivity index is 1.46. The molecule has 1 aliphatic carbocycles. The predicted octanol–water partition coefficient (Wildman–Crippen LogP) is 1.38. The number of carbonyl (C=O) groups is 1. The fourth-order valence-electron chi connectivity index (χ4n) is 2.97. The van der Waals surface area contributed by atoms with E-state index >= 15 is 0 Å². The Kier molecular flexibility index (Phi) is 4.21. The van der Waals surface area contributed by atoms with Crippen LogP contribution in [0.25, 0.3) is 0 Å². The third-order valence-electron chi connectivity index (χ3n) is 4.12. The van der Waals surface area contributed by atoms with Gasteiger partial charge in [-0.1, -0.05) is 6.07 Å². The molecule has 0 radical (unpaired) electrons. The third-order valence-corrected chi connectivity index (χ3v) is 4.12. The first kappa shape index (κ1) is 13.4. The molecular weight excluding hydrogens is 252 g/mol. The summed E-state index contributed by atoms with van der Waals surface area (Å²) in [6.07, 6.45) is 4.07. The average Bonchev–Trinajstić information content (AvgIpc) is 2.95. The van der Waals surface area contributed by atoms with Gasteiger partial charge >= 0.3 is 0 Å². The zero-order valence-corrected chi connectivity index (χ0v) is 11.9. The molecule has 4 heteroatoms. The van der Waals surface area contributed by atoms with Crippen LogP contribution in [-0.4, -0.2) is 43.6 Å². The second-order valence-electron chi connectivity index (χ2n) is 5.51. The number of aryl methyl sites for hydroxylation is 2. The second-order valence-corrected chi connectivity index (χ2v) is 5.51. The summed E-state index contributed by atoms with van der Waals surface area (Å²) in [4.78, 5) is 13.9. The molecule has 1 aromatic carbocycles. The molecule has 0 unspecified atom stereocenters. The average molecular weight is 274 g/mol. The van der Waals surface area contributed by atoms with E-state index in [1.54, 1.807) is 0 Å². The number of amides is 1. The fourth-order valence-corrected chi connectivity index (χ4v) is 2.97. The smallest absolute Gasteiger partial charge is 0.226 e. The normalized spacial score (nSPS) is 17.9. The largest absolute Gasteiger partial charge is 0.493 e. The van der Waals surface area contributed by atoms with Crippen LogP contribution in [0.4, 0.5) is 0 Å². The minimum absolute atomic E-state index is 0.202. The standard InChI is InChI=1S/C16H22N2O2/c19-16(18-9-7-17-8-10-18)6-11-20-15-5-4-13-2-1-3-14(13)12-15/h4-5,12,17H,1-3,6-11H2. The molecule has 1 N–H and O–H groups in total. The Bertz CT molecular complexity index is 481. The van der Waals surface area contributed by atoms with Crippen LogP contribution in [0, 0.1) is 0 Å². The monoisotopic (exact) mass is 274 g/mol. The molecule has 1 saturated heterocycles. The highest BCUT2D eigenvalue weighted by Crippen LogP contribution is 2.26. The van der Waals surface area contributed by atoms with Crippen LogP contribution in [0.3, 0.4) is 0 Å². The van der Waals surface area contributed by atoms with Gasteiger partial charge < -0.3 is 15.0 Å². The number of nitrogens with one attached hydrogen (secondary N) is 1. The number of piperazine rings is 1. The molecule has 108 valence electrons. The van der Waals surface area contributed by atoms with Crippen LogP contribution in [-0.2, 0) is 17.6 Å². The summed E-state index contributed by atoms with van der Waals surface area (Å²) >= 11 is 0. The van der Waals surface area contributed by atoms with Crippen LogP contribution in [0.2, 0.25) is 0 Å². The molecule has 1 heterocycles. The minimum Gasteiger partial charge on any atom is -0.493 e. The number of carbonyl (C=O) groups excluding carboxylic acids is 1. The summed E-state index contributed by atoms with van der Waals surface area (Å²) in [6, 6.07) is 6.33. The van der Waals surface area contributed by atoms with Crippen LogP contribution < -0.4 is 10.1 Å². The number of fused-ring (bicyclic) bond motifs is 1. The van der Waals surface area contributed by atoms with Crippen molar-refractivity contribution < 1.29 is 9.53 Å². The molecule has 1 aromatic rings. The van der Waals surface area contributed by atoms with Crippen molar-refractivity contribution in [2.24, 2.45) is 0 Å². The Hall–Kier alpha value is -1.55. The predicted molar refractivity (Wildman–Crippen MR) is 78.0 cm³/mol. The molecule has 20 heavy (non-hydrogen) atoms. The molecular formula is C16H22N2O2. The van der Waals surface area contributed by atoms with E-state index in [0.717, 1.165) is 38.3 Å². The van der Waals surface area contributed by atoms with Gasteiger partial charge in [-0.2, -0.15) is 0 Å². The topological polar surface area (TPSA) is 41.6 Å². The first-order valence-corrected chi connectivity index (χ1v) is 7.56. The molecule has 0 saturated carbocycles. The Morgan fingerprint density at radius 1 is 1.20 bits per heavy atom. The molecule has 1 fully saturated rings. The molecule has 2 aliphatic rings. The van der Waals surface area contributed by atoms with Crippen molar-refractivity contribution in [3.63, 3.8) is 0 Å². The quantitative estimate of drug-likeness (QED) is 0.902. The molecule has 1 aliphatic heterocycles. The SMILES string of the molecule is O=C(CCOc1ccc2c(c1)CCC2)N1CCNCC1. The Morgan fingerprint density at radius 2 is 2.00 bits per heavy atom. The van der Waals surface area contributed by atoms with E-state index in [4.69, 9.17) is 4.74 Å².